The molecule has 0 saturated carbocycles. The fourth-order valence-corrected chi connectivity index (χ4v) is 2.28. The number of halogens is 3. The van der Waals surface area contributed by atoms with Crippen molar-refractivity contribution >= 4 is 26.0 Å². The van der Waals surface area contributed by atoms with E-state index in [4.69, 9.17) is 0 Å². The average molecular weight is 314 g/mol. The van der Waals surface area contributed by atoms with E-state index in [1.165, 1.54) is 6.07 Å². The zero-order valence-corrected chi connectivity index (χ0v) is 10.8. The lowest BCUT2D eigenvalue weighted by Gasteiger charge is -2.13. The van der Waals surface area contributed by atoms with Crippen LogP contribution in [-0.2, 0) is 10.0 Å². The summed E-state index contributed by atoms with van der Waals surface area (Å²) in [5.74, 6) is -1.96. The number of alkyl halides is 1. The fraction of sp³-hybridized carbons (Fsp3) is 0.333. The van der Waals surface area contributed by atoms with Gasteiger partial charge in [-0.05, 0) is 24.6 Å². The first-order valence-corrected chi connectivity index (χ1v) is 7.14. The predicted octanol–water partition coefficient (Wildman–Crippen LogP) is 2.30. The maximum Gasteiger partial charge on any atom is 0.222 e. The van der Waals surface area contributed by atoms with E-state index in [9.17, 15) is 17.2 Å². The van der Waals surface area contributed by atoms with E-state index in [1.807, 2.05) is 0 Å². The highest BCUT2D eigenvalue weighted by Crippen LogP contribution is 2.16. The van der Waals surface area contributed by atoms with Crippen LogP contribution in [0.4, 0.5) is 8.78 Å². The van der Waals surface area contributed by atoms with Crippen LogP contribution in [0.5, 0.6) is 0 Å². The molecule has 0 aliphatic heterocycles. The van der Waals surface area contributed by atoms with Crippen LogP contribution < -0.4 is 4.72 Å². The van der Waals surface area contributed by atoms with Gasteiger partial charge in [-0.2, -0.15) is 0 Å². The van der Waals surface area contributed by atoms with Gasteiger partial charge < -0.3 is 0 Å². The van der Waals surface area contributed by atoms with Gasteiger partial charge >= 0.3 is 0 Å². The third-order valence-electron chi connectivity index (χ3n) is 1.94. The Hall–Kier alpha value is -0.530. The van der Waals surface area contributed by atoms with Crippen molar-refractivity contribution in [1.82, 2.24) is 4.72 Å². The standard InChI is InChI=1S/C9H10BrF2NO2S/c1-6(13-16(14,15)5-10)7-2-3-8(11)9(12)4-7/h2-4,6,13H,5H2,1H3. The maximum atomic E-state index is 12.9. The molecule has 1 aromatic rings. The Bertz CT molecular complexity index is 478. The van der Waals surface area contributed by atoms with Gasteiger partial charge in [0.25, 0.3) is 0 Å². The monoisotopic (exact) mass is 313 g/mol. The Kier molecular flexibility index (Phi) is 4.40. The van der Waals surface area contributed by atoms with Gasteiger partial charge in [0.1, 0.15) is 4.66 Å². The molecule has 1 unspecified atom stereocenters. The molecule has 0 saturated heterocycles. The summed E-state index contributed by atoms with van der Waals surface area (Å²) < 4.78 is 50.0. The van der Waals surface area contributed by atoms with E-state index < -0.39 is 27.7 Å². The summed E-state index contributed by atoms with van der Waals surface area (Å²) in [4.78, 5) is 0. The molecule has 0 fully saturated rings. The molecule has 0 amide bonds. The highest BCUT2D eigenvalue weighted by Gasteiger charge is 2.15. The van der Waals surface area contributed by atoms with E-state index in [0.717, 1.165) is 12.1 Å². The first-order valence-electron chi connectivity index (χ1n) is 4.36. The normalized spacial score (nSPS) is 13.8. The quantitative estimate of drug-likeness (QED) is 0.867. The minimum atomic E-state index is -3.44. The van der Waals surface area contributed by atoms with E-state index >= 15 is 0 Å². The molecule has 1 N–H and O–H groups in total. The Balaban J connectivity index is 2.89. The van der Waals surface area contributed by atoms with Gasteiger partial charge in [0.2, 0.25) is 10.0 Å². The van der Waals surface area contributed by atoms with Crippen molar-refractivity contribution in [2.75, 3.05) is 4.66 Å². The fourth-order valence-electron chi connectivity index (χ4n) is 1.15. The summed E-state index contributed by atoms with van der Waals surface area (Å²) >= 11 is 2.81. The zero-order valence-electron chi connectivity index (χ0n) is 8.38. The van der Waals surface area contributed by atoms with Crippen LogP contribution in [0, 0.1) is 11.6 Å². The first kappa shape index (κ1) is 13.5. The van der Waals surface area contributed by atoms with Crippen LogP contribution >= 0.6 is 15.9 Å². The van der Waals surface area contributed by atoms with Crippen molar-refractivity contribution < 1.29 is 17.2 Å². The van der Waals surface area contributed by atoms with Gasteiger partial charge in [-0.15, -0.1) is 0 Å². The number of sulfonamides is 1. The topological polar surface area (TPSA) is 46.2 Å². The number of hydrogen-bond acceptors (Lipinski definition) is 2. The largest absolute Gasteiger partial charge is 0.222 e. The van der Waals surface area contributed by atoms with Crippen molar-refractivity contribution in [1.29, 1.82) is 0 Å². The van der Waals surface area contributed by atoms with Gasteiger partial charge in [0.05, 0.1) is 0 Å². The van der Waals surface area contributed by atoms with E-state index in [2.05, 4.69) is 20.7 Å². The minimum Gasteiger partial charge on any atom is -0.212 e. The van der Waals surface area contributed by atoms with E-state index in [0.29, 0.717) is 5.56 Å². The van der Waals surface area contributed by atoms with Gasteiger partial charge in [-0.25, -0.2) is 21.9 Å². The van der Waals surface area contributed by atoms with Crippen LogP contribution in [0.25, 0.3) is 0 Å². The molecule has 1 aromatic carbocycles. The second-order valence-corrected chi connectivity index (χ2v) is 6.29. The minimum absolute atomic E-state index is 0.242. The third-order valence-corrected chi connectivity index (χ3v) is 4.75. The molecule has 1 atom stereocenters. The van der Waals surface area contributed by atoms with Gasteiger partial charge in [-0.1, -0.05) is 22.0 Å². The Morgan fingerprint density at radius 3 is 2.50 bits per heavy atom. The second kappa shape index (κ2) is 5.20. The van der Waals surface area contributed by atoms with Crippen LogP contribution in [0.3, 0.4) is 0 Å². The average Bonchev–Trinajstić information content (AvgIpc) is 2.21. The SMILES string of the molecule is CC(NS(=O)(=O)CBr)c1ccc(F)c(F)c1. The Morgan fingerprint density at radius 1 is 1.38 bits per heavy atom. The van der Waals surface area contributed by atoms with Gasteiger partial charge in [0.15, 0.2) is 11.6 Å². The Morgan fingerprint density at radius 2 is 2.00 bits per heavy atom. The molecule has 16 heavy (non-hydrogen) atoms. The molecule has 7 heteroatoms. The maximum absolute atomic E-state index is 12.9. The molecule has 0 aliphatic carbocycles. The summed E-state index contributed by atoms with van der Waals surface area (Å²) in [7, 11) is -3.44. The van der Waals surface area contributed by atoms with Crippen molar-refractivity contribution in [2.24, 2.45) is 0 Å². The summed E-state index contributed by atoms with van der Waals surface area (Å²) in [6.45, 7) is 1.55. The number of nitrogens with one attached hydrogen (secondary N) is 1. The molecule has 0 aliphatic rings. The first-order chi connectivity index (χ1) is 7.35. The van der Waals surface area contributed by atoms with Crippen LogP contribution in [0.15, 0.2) is 18.2 Å². The molecule has 90 valence electrons. The molecule has 0 radical (unpaired) electrons. The number of benzene rings is 1. The lowest BCUT2D eigenvalue weighted by Crippen LogP contribution is -2.27. The summed E-state index contributed by atoms with van der Waals surface area (Å²) in [6, 6.07) is 2.65. The molecule has 0 aromatic heterocycles. The number of rotatable bonds is 4. The van der Waals surface area contributed by atoms with Crippen molar-refractivity contribution in [3.8, 4) is 0 Å². The summed E-state index contributed by atoms with van der Waals surface area (Å²) in [5.41, 5.74) is 0.364. The van der Waals surface area contributed by atoms with Crippen LogP contribution in [-0.4, -0.2) is 13.1 Å². The van der Waals surface area contributed by atoms with Crippen LogP contribution in [0.1, 0.15) is 18.5 Å². The molecule has 1 rings (SSSR count). The summed E-state index contributed by atoms with van der Waals surface area (Å²) in [5, 5.41) is 0. The van der Waals surface area contributed by atoms with Crippen molar-refractivity contribution in [3.05, 3.63) is 35.4 Å². The second-order valence-electron chi connectivity index (χ2n) is 3.24. The zero-order chi connectivity index (χ0) is 12.3. The van der Waals surface area contributed by atoms with Gasteiger partial charge in [-0.3, -0.25) is 0 Å². The molecule has 0 bridgehead atoms. The van der Waals surface area contributed by atoms with Crippen LogP contribution in [0.2, 0.25) is 0 Å². The van der Waals surface area contributed by atoms with Crippen molar-refractivity contribution in [2.45, 2.75) is 13.0 Å². The highest BCUT2D eigenvalue weighted by molar-refractivity contribution is 9.10. The third kappa shape index (κ3) is 3.50. The predicted molar refractivity (Wildman–Crippen MR) is 60.6 cm³/mol. The summed E-state index contributed by atoms with van der Waals surface area (Å²) in [6.07, 6.45) is 0. The molecule has 0 spiro atoms. The lowest BCUT2D eigenvalue weighted by molar-refractivity contribution is 0.504. The van der Waals surface area contributed by atoms with E-state index in [-0.39, 0.29) is 4.66 Å². The molecular formula is C9H10BrF2NO2S. The molecule has 3 nitrogen and oxygen atoms in total. The molecular weight excluding hydrogens is 304 g/mol. The van der Waals surface area contributed by atoms with Crippen molar-refractivity contribution in [3.63, 3.8) is 0 Å². The number of hydrogen-bond donors (Lipinski definition) is 1. The lowest BCUT2D eigenvalue weighted by atomic mass is 10.1. The van der Waals surface area contributed by atoms with Gasteiger partial charge in [0, 0.05) is 6.04 Å². The molecule has 0 heterocycles. The highest BCUT2D eigenvalue weighted by atomic mass is 79.9. The Labute approximate surface area is 101 Å². The smallest absolute Gasteiger partial charge is 0.212 e. The van der Waals surface area contributed by atoms with E-state index in [1.54, 1.807) is 6.92 Å².